The van der Waals surface area contributed by atoms with Gasteiger partial charge in [-0.05, 0) is 50.4 Å². The summed E-state index contributed by atoms with van der Waals surface area (Å²) in [5.74, 6) is 0.0659. The van der Waals surface area contributed by atoms with Gasteiger partial charge in [-0.2, -0.15) is 0 Å². The molecule has 0 bridgehead atoms. The van der Waals surface area contributed by atoms with Crippen LogP contribution in [0.15, 0.2) is 54.6 Å². The molecule has 0 radical (unpaired) electrons. The highest BCUT2D eigenvalue weighted by Gasteiger charge is 2.43. The van der Waals surface area contributed by atoms with Gasteiger partial charge in [-0.15, -0.1) is 0 Å². The molecule has 1 atom stereocenters. The number of carboxylic acids is 1. The molecule has 2 aliphatic rings. The van der Waals surface area contributed by atoms with Crippen molar-refractivity contribution in [3.63, 3.8) is 0 Å². The summed E-state index contributed by atoms with van der Waals surface area (Å²) in [5.41, 5.74) is 1.78. The lowest BCUT2D eigenvalue weighted by atomic mass is 9.80. The zero-order chi connectivity index (χ0) is 23.3. The third kappa shape index (κ3) is 5.92. The molecular formula is C26H32N2O5. The number of piperidine rings is 1. The molecule has 33 heavy (non-hydrogen) atoms. The van der Waals surface area contributed by atoms with Crippen LogP contribution in [0.2, 0.25) is 0 Å². The summed E-state index contributed by atoms with van der Waals surface area (Å²) >= 11 is 0. The molecule has 0 unspecified atom stereocenters. The van der Waals surface area contributed by atoms with Gasteiger partial charge in [0, 0.05) is 18.7 Å². The van der Waals surface area contributed by atoms with Crippen molar-refractivity contribution in [2.24, 2.45) is 5.92 Å². The third-order valence-electron chi connectivity index (χ3n) is 6.77. The lowest BCUT2D eigenvalue weighted by Crippen LogP contribution is -2.57. The number of benzene rings is 2. The molecule has 4 rings (SSSR count). The molecule has 2 heterocycles. The Morgan fingerprint density at radius 2 is 1.79 bits per heavy atom. The summed E-state index contributed by atoms with van der Waals surface area (Å²) in [5, 5.41) is 8.91. The lowest BCUT2D eigenvalue weighted by molar-refractivity contribution is -0.174. The van der Waals surface area contributed by atoms with E-state index in [2.05, 4.69) is 24.0 Å². The summed E-state index contributed by atoms with van der Waals surface area (Å²) in [4.78, 5) is 27.7. The van der Waals surface area contributed by atoms with Gasteiger partial charge < -0.3 is 19.5 Å². The Morgan fingerprint density at radius 3 is 2.52 bits per heavy atom. The van der Waals surface area contributed by atoms with Gasteiger partial charge in [0.15, 0.2) is 6.61 Å². The van der Waals surface area contributed by atoms with Gasteiger partial charge in [-0.1, -0.05) is 48.5 Å². The second-order valence-corrected chi connectivity index (χ2v) is 9.18. The van der Waals surface area contributed by atoms with Crippen LogP contribution < -0.4 is 4.74 Å². The largest absolute Gasteiger partial charge is 0.482 e. The Morgan fingerprint density at radius 1 is 1.09 bits per heavy atom. The number of morpholine rings is 1. The van der Waals surface area contributed by atoms with E-state index in [9.17, 15) is 9.59 Å². The molecule has 176 valence electrons. The van der Waals surface area contributed by atoms with Gasteiger partial charge in [-0.3, -0.25) is 9.69 Å². The molecule has 2 aromatic carbocycles. The molecule has 0 aliphatic carbocycles. The molecule has 7 nitrogen and oxygen atoms in total. The lowest BCUT2D eigenvalue weighted by Gasteiger charge is -2.47. The van der Waals surface area contributed by atoms with E-state index in [1.54, 1.807) is 0 Å². The van der Waals surface area contributed by atoms with Gasteiger partial charge in [0.2, 0.25) is 5.91 Å². The summed E-state index contributed by atoms with van der Waals surface area (Å²) in [6.45, 7) is 5.73. The molecule has 0 aromatic heterocycles. The first-order chi connectivity index (χ1) is 15.9. The number of ether oxygens (including phenoxy) is 2. The fourth-order valence-electron chi connectivity index (χ4n) is 4.88. The zero-order valence-corrected chi connectivity index (χ0v) is 19.1. The number of amides is 1. The van der Waals surface area contributed by atoms with Crippen molar-refractivity contribution in [1.82, 2.24) is 9.80 Å². The quantitative estimate of drug-likeness (QED) is 0.663. The summed E-state index contributed by atoms with van der Waals surface area (Å²) < 4.78 is 11.6. The fraction of sp³-hybridized carbons (Fsp3) is 0.462. The average molecular weight is 453 g/mol. The number of carbonyl (C=O) groups is 2. The van der Waals surface area contributed by atoms with Crippen LogP contribution in [-0.2, 0) is 27.4 Å². The number of rotatable bonds is 8. The molecule has 2 aromatic rings. The molecule has 2 saturated heterocycles. The monoisotopic (exact) mass is 452 g/mol. The number of hydrogen-bond donors (Lipinski definition) is 1. The first kappa shape index (κ1) is 23.3. The maximum absolute atomic E-state index is 12.5. The number of para-hydroxylation sites is 1. The standard InChI is InChI=1S/C26H32N2O5/c1-26(19-28(24(29)17-33-26)15-20-7-3-2-4-8-20)22-11-13-27(14-12-22)16-21-9-5-6-10-23(21)32-18-25(30)31/h2-10,22H,11-19H2,1H3,(H,30,31)/t26-/m0/s1. The van der Waals surface area contributed by atoms with Crippen LogP contribution in [0.3, 0.4) is 0 Å². The summed E-state index contributed by atoms with van der Waals surface area (Å²) in [6.07, 6.45) is 1.98. The van der Waals surface area contributed by atoms with E-state index in [0.717, 1.165) is 43.6 Å². The predicted molar refractivity (Wildman–Crippen MR) is 124 cm³/mol. The van der Waals surface area contributed by atoms with Crippen LogP contribution in [0, 0.1) is 5.92 Å². The van der Waals surface area contributed by atoms with E-state index in [1.807, 2.05) is 47.4 Å². The van der Waals surface area contributed by atoms with Crippen LogP contribution in [0.4, 0.5) is 0 Å². The van der Waals surface area contributed by atoms with Crippen molar-refractivity contribution in [3.05, 3.63) is 65.7 Å². The number of likely N-dealkylation sites (tertiary alicyclic amines) is 1. The normalized spacial score (nSPS) is 22.3. The Labute approximate surface area is 194 Å². The third-order valence-corrected chi connectivity index (χ3v) is 6.77. The molecule has 2 fully saturated rings. The molecule has 0 saturated carbocycles. The Kier molecular flexibility index (Phi) is 7.30. The fourth-order valence-corrected chi connectivity index (χ4v) is 4.88. The predicted octanol–water partition coefficient (Wildman–Crippen LogP) is 3.18. The summed E-state index contributed by atoms with van der Waals surface area (Å²) in [6, 6.07) is 17.7. The van der Waals surface area contributed by atoms with E-state index in [4.69, 9.17) is 14.6 Å². The zero-order valence-electron chi connectivity index (χ0n) is 19.1. The highest BCUT2D eigenvalue weighted by Crippen LogP contribution is 2.35. The van der Waals surface area contributed by atoms with Crippen molar-refractivity contribution in [2.75, 3.05) is 32.8 Å². The second-order valence-electron chi connectivity index (χ2n) is 9.18. The van der Waals surface area contributed by atoms with Crippen molar-refractivity contribution >= 4 is 11.9 Å². The minimum atomic E-state index is -0.980. The summed E-state index contributed by atoms with van der Waals surface area (Å²) in [7, 11) is 0. The minimum Gasteiger partial charge on any atom is -0.482 e. The Hall–Kier alpha value is -2.90. The smallest absolute Gasteiger partial charge is 0.341 e. The van der Waals surface area contributed by atoms with Crippen molar-refractivity contribution in [3.8, 4) is 5.75 Å². The van der Waals surface area contributed by atoms with E-state index in [0.29, 0.717) is 24.8 Å². The van der Waals surface area contributed by atoms with Gasteiger partial charge in [-0.25, -0.2) is 4.79 Å². The van der Waals surface area contributed by atoms with Gasteiger partial charge >= 0.3 is 5.97 Å². The molecule has 1 N–H and O–H groups in total. The van der Waals surface area contributed by atoms with E-state index in [1.165, 1.54) is 0 Å². The van der Waals surface area contributed by atoms with E-state index in [-0.39, 0.29) is 24.7 Å². The molecule has 0 spiro atoms. The molecule has 2 aliphatic heterocycles. The van der Waals surface area contributed by atoms with Crippen molar-refractivity contribution < 1.29 is 24.2 Å². The van der Waals surface area contributed by atoms with Crippen LogP contribution in [-0.4, -0.2) is 65.2 Å². The Bertz CT molecular complexity index is 958. The van der Waals surface area contributed by atoms with Crippen LogP contribution in [0.5, 0.6) is 5.75 Å². The molecular weight excluding hydrogens is 420 g/mol. The van der Waals surface area contributed by atoms with Crippen LogP contribution in [0.25, 0.3) is 0 Å². The highest BCUT2D eigenvalue weighted by atomic mass is 16.5. The maximum Gasteiger partial charge on any atom is 0.341 e. The first-order valence-corrected chi connectivity index (χ1v) is 11.5. The van der Waals surface area contributed by atoms with Gasteiger partial charge in [0.05, 0.1) is 12.1 Å². The SMILES string of the molecule is C[C@@]1(C2CCN(Cc3ccccc3OCC(=O)O)CC2)CN(Cc2ccccc2)C(=O)CO1. The topological polar surface area (TPSA) is 79.3 Å². The maximum atomic E-state index is 12.5. The van der Waals surface area contributed by atoms with Crippen molar-refractivity contribution in [2.45, 2.75) is 38.5 Å². The number of aliphatic carboxylic acids is 1. The second kappa shape index (κ2) is 10.4. The van der Waals surface area contributed by atoms with Gasteiger partial charge in [0.1, 0.15) is 12.4 Å². The molecule has 1 amide bonds. The molecule has 7 heteroatoms. The number of nitrogens with zero attached hydrogens (tertiary/aromatic N) is 2. The number of hydrogen-bond acceptors (Lipinski definition) is 5. The van der Waals surface area contributed by atoms with Crippen molar-refractivity contribution in [1.29, 1.82) is 0 Å². The first-order valence-electron chi connectivity index (χ1n) is 11.5. The van der Waals surface area contributed by atoms with Crippen LogP contribution in [0.1, 0.15) is 30.9 Å². The number of carbonyl (C=O) groups excluding carboxylic acids is 1. The number of carboxylic acid groups (broad SMARTS) is 1. The van der Waals surface area contributed by atoms with E-state index < -0.39 is 5.97 Å². The van der Waals surface area contributed by atoms with Crippen LogP contribution >= 0.6 is 0 Å². The Balaban J connectivity index is 1.34. The van der Waals surface area contributed by atoms with E-state index >= 15 is 0 Å². The minimum absolute atomic E-state index is 0.0479. The highest BCUT2D eigenvalue weighted by molar-refractivity contribution is 5.78. The average Bonchev–Trinajstić information content (AvgIpc) is 2.82. The van der Waals surface area contributed by atoms with Gasteiger partial charge in [0.25, 0.3) is 0 Å².